The molecule has 1 amide bonds. The monoisotopic (exact) mass is 340 g/mol. The molecule has 2 rings (SSSR count). The summed E-state index contributed by atoms with van der Waals surface area (Å²) in [6.45, 7) is 5.78. The van der Waals surface area contributed by atoms with E-state index in [0.717, 1.165) is 16.8 Å². The number of anilines is 1. The van der Waals surface area contributed by atoms with E-state index in [1.165, 1.54) is 12.1 Å². The summed E-state index contributed by atoms with van der Waals surface area (Å²) >= 11 is 0. The van der Waals surface area contributed by atoms with E-state index < -0.39 is 4.92 Å². The van der Waals surface area contributed by atoms with Gasteiger partial charge in [0, 0.05) is 17.8 Å². The quantitative estimate of drug-likeness (QED) is 0.479. The number of nitro benzene ring substituents is 1. The van der Waals surface area contributed by atoms with Crippen molar-refractivity contribution in [2.75, 3.05) is 11.9 Å². The Morgan fingerprint density at radius 1 is 1.12 bits per heavy atom. The number of carbonyl (C=O) groups is 1. The molecule has 0 aliphatic carbocycles. The fraction of sp³-hybridized carbons (Fsp3) is 0.222. The zero-order valence-electron chi connectivity index (χ0n) is 14.4. The van der Waals surface area contributed by atoms with E-state index in [2.05, 4.69) is 15.8 Å². The lowest BCUT2D eigenvalue weighted by atomic mass is 10.1. The van der Waals surface area contributed by atoms with Crippen LogP contribution in [-0.4, -0.2) is 23.1 Å². The Morgan fingerprint density at radius 3 is 2.28 bits per heavy atom. The first-order chi connectivity index (χ1) is 11.9. The van der Waals surface area contributed by atoms with Gasteiger partial charge in [-0.25, -0.2) is 5.43 Å². The maximum Gasteiger partial charge on any atom is 0.269 e. The van der Waals surface area contributed by atoms with Gasteiger partial charge in [0.2, 0.25) is 0 Å². The average molecular weight is 340 g/mol. The zero-order chi connectivity index (χ0) is 18.4. The number of nitrogens with one attached hydrogen (secondary N) is 2. The number of hydrogen-bond acceptors (Lipinski definition) is 5. The van der Waals surface area contributed by atoms with Gasteiger partial charge in [0.25, 0.3) is 11.6 Å². The summed E-state index contributed by atoms with van der Waals surface area (Å²) < 4.78 is 0. The minimum atomic E-state index is -0.461. The summed E-state index contributed by atoms with van der Waals surface area (Å²) in [4.78, 5) is 22.1. The van der Waals surface area contributed by atoms with Crippen LogP contribution in [0.2, 0.25) is 0 Å². The molecule has 0 bridgehead atoms. The number of para-hydroxylation sites is 1. The second kappa shape index (κ2) is 8.05. The van der Waals surface area contributed by atoms with Gasteiger partial charge in [0.15, 0.2) is 0 Å². The molecule has 0 spiro atoms. The van der Waals surface area contributed by atoms with E-state index in [-0.39, 0.29) is 18.1 Å². The number of non-ortho nitro benzene ring substituents is 1. The van der Waals surface area contributed by atoms with Crippen LogP contribution in [0.3, 0.4) is 0 Å². The Labute approximate surface area is 145 Å². The number of hydrogen-bond donors (Lipinski definition) is 2. The average Bonchev–Trinajstić information content (AvgIpc) is 2.59. The van der Waals surface area contributed by atoms with Crippen molar-refractivity contribution in [2.45, 2.75) is 20.8 Å². The van der Waals surface area contributed by atoms with E-state index in [1.807, 2.05) is 32.0 Å². The molecule has 130 valence electrons. The third-order valence-corrected chi connectivity index (χ3v) is 3.75. The van der Waals surface area contributed by atoms with Crippen molar-refractivity contribution < 1.29 is 9.72 Å². The van der Waals surface area contributed by atoms with Gasteiger partial charge >= 0.3 is 0 Å². The largest absolute Gasteiger partial charge is 0.376 e. The fourth-order valence-electron chi connectivity index (χ4n) is 2.34. The first-order valence-electron chi connectivity index (χ1n) is 7.76. The molecule has 0 saturated heterocycles. The van der Waals surface area contributed by atoms with Crippen molar-refractivity contribution >= 4 is 23.0 Å². The van der Waals surface area contributed by atoms with Crippen LogP contribution in [0, 0.1) is 24.0 Å². The van der Waals surface area contributed by atoms with Crippen molar-refractivity contribution in [3.8, 4) is 0 Å². The van der Waals surface area contributed by atoms with Crippen LogP contribution in [0.15, 0.2) is 47.6 Å². The molecule has 0 atom stereocenters. The summed E-state index contributed by atoms with van der Waals surface area (Å²) in [5, 5.41) is 17.8. The number of hydrazone groups is 1. The highest BCUT2D eigenvalue weighted by atomic mass is 16.6. The molecule has 0 saturated carbocycles. The molecule has 0 aliphatic heterocycles. The SMILES string of the molecule is C/C(=N\NC(=O)CNc1c(C)cccc1C)c1ccc([N+](=O)[O-])cc1. The fourth-order valence-corrected chi connectivity index (χ4v) is 2.34. The van der Waals surface area contributed by atoms with Crippen LogP contribution in [0.25, 0.3) is 0 Å². The van der Waals surface area contributed by atoms with Gasteiger partial charge in [0.05, 0.1) is 17.2 Å². The molecule has 0 unspecified atom stereocenters. The van der Waals surface area contributed by atoms with E-state index in [4.69, 9.17) is 0 Å². The van der Waals surface area contributed by atoms with Crippen LogP contribution in [0.5, 0.6) is 0 Å². The molecule has 0 aromatic heterocycles. The number of amides is 1. The molecular weight excluding hydrogens is 320 g/mol. The minimum absolute atomic E-state index is 0.0124. The maximum atomic E-state index is 11.9. The maximum absolute atomic E-state index is 11.9. The van der Waals surface area contributed by atoms with Crippen molar-refractivity contribution in [3.63, 3.8) is 0 Å². The van der Waals surface area contributed by atoms with E-state index in [9.17, 15) is 14.9 Å². The number of nitro groups is 1. The second-order valence-corrected chi connectivity index (χ2v) is 5.66. The molecule has 2 aromatic carbocycles. The molecule has 2 N–H and O–H groups in total. The number of carbonyl (C=O) groups excluding carboxylic acids is 1. The lowest BCUT2D eigenvalue weighted by Gasteiger charge is -2.11. The number of aryl methyl sites for hydroxylation is 2. The highest BCUT2D eigenvalue weighted by Gasteiger charge is 2.07. The van der Waals surface area contributed by atoms with Crippen LogP contribution >= 0.6 is 0 Å². The van der Waals surface area contributed by atoms with Crippen molar-refractivity contribution in [1.29, 1.82) is 0 Å². The number of nitrogens with zero attached hydrogens (tertiary/aromatic N) is 2. The van der Waals surface area contributed by atoms with Gasteiger partial charge < -0.3 is 5.32 Å². The molecule has 0 heterocycles. The van der Waals surface area contributed by atoms with Crippen LogP contribution in [-0.2, 0) is 4.79 Å². The molecule has 0 aliphatic rings. The van der Waals surface area contributed by atoms with Crippen LogP contribution < -0.4 is 10.7 Å². The molecule has 2 aromatic rings. The lowest BCUT2D eigenvalue weighted by molar-refractivity contribution is -0.384. The van der Waals surface area contributed by atoms with Crippen molar-refractivity contribution in [2.24, 2.45) is 5.10 Å². The summed E-state index contributed by atoms with van der Waals surface area (Å²) in [6, 6.07) is 11.9. The third kappa shape index (κ3) is 4.87. The highest BCUT2D eigenvalue weighted by Crippen LogP contribution is 2.18. The predicted molar refractivity (Wildman–Crippen MR) is 97.9 cm³/mol. The third-order valence-electron chi connectivity index (χ3n) is 3.75. The lowest BCUT2D eigenvalue weighted by Crippen LogP contribution is -2.27. The normalized spacial score (nSPS) is 11.1. The predicted octanol–water partition coefficient (Wildman–Crippen LogP) is 3.16. The first-order valence-corrected chi connectivity index (χ1v) is 7.76. The summed E-state index contributed by atoms with van der Waals surface area (Å²) in [5.74, 6) is -0.274. The van der Waals surface area contributed by atoms with E-state index in [0.29, 0.717) is 11.3 Å². The second-order valence-electron chi connectivity index (χ2n) is 5.66. The Hall–Kier alpha value is -3.22. The van der Waals surface area contributed by atoms with Crippen LogP contribution in [0.1, 0.15) is 23.6 Å². The van der Waals surface area contributed by atoms with Gasteiger partial charge in [-0.05, 0) is 49.6 Å². The van der Waals surface area contributed by atoms with Gasteiger partial charge in [-0.15, -0.1) is 0 Å². The zero-order valence-corrected chi connectivity index (χ0v) is 14.4. The van der Waals surface area contributed by atoms with Crippen molar-refractivity contribution in [1.82, 2.24) is 5.43 Å². The van der Waals surface area contributed by atoms with Gasteiger partial charge in [-0.1, -0.05) is 18.2 Å². The van der Waals surface area contributed by atoms with Crippen LogP contribution in [0.4, 0.5) is 11.4 Å². The van der Waals surface area contributed by atoms with E-state index >= 15 is 0 Å². The van der Waals surface area contributed by atoms with E-state index in [1.54, 1.807) is 19.1 Å². The Morgan fingerprint density at radius 2 is 1.72 bits per heavy atom. The topological polar surface area (TPSA) is 96.6 Å². The molecule has 0 fully saturated rings. The van der Waals surface area contributed by atoms with Gasteiger partial charge in [-0.3, -0.25) is 14.9 Å². The molecular formula is C18H20N4O3. The smallest absolute Gasteiger partial charge is 0.269 e. The first kappa shape index (κ1) is 18.1. The minimum Gasteiger partial charge on any atom is -0.376 e. The Kier molecular flexibility index (Phi) is 5.84. The molecule has 7 heteroatoms. The molecule has 7 nitrogen and oxygen atoms in total. The Balaban J connectivity index is 1.94. The highest BCUT2D eigenvalue weighted by molar-refractivity contribution is 5.99. The summed E-state index contributed by atoms with van der Waals surface area (Å²) in [5.41, 5.74) is 6.83. The molecule has 25 heavy (non-hydrogen) atoms. The van der Waals surface area contributed by atoms with Gasteiger partial charge in [0.1, 0.15) is 0 Å². The standard InChI is InChI=1S/C18H20N4O3/c1-12-5-4-6-13(2)18(12)19-11-17(23)21-20-14(3)15-7-9-16(10-8-15)22(24)25/h4-10,19H,11H2,1-3H3,(H,21,23)/b20-14+. The summed E-state index contributed by atoms with van der Waals surface area (Å²) in [6.07, 6.45) is 0. The van der Waals surface area contributed by atoms with Crippen molar-refractivity contribution in [3.05, 3.63) is 69.3 Å². The number of rotatable bonds is 6. The number of benzene rings is 2. The van der Waals surface area contributed by atoms with Gasteiger partial charge in [-0.2, -0.15) is 5.10 Å². The summed E-state index contributed by atoms with van der Waals surface area (Å²) in [7, 11) is 0. The Bertz CT molecular complexity index is 793. The molecule has 0 radical (unpaired) electrons.